The van der Waals surface area contributed by atoms with Gasteiger partial charge in [0.15, 0.2) is 5.82 Å². The summed E-state index contributed by atoms with van der Waals surface area (Å²) in [5, 5.41) is 14.4. The smallest absolute Gasteiger partial charge is 0.284 e. The number of hydrogen-bond acceptors (Lipinski definition) is 7. The molecule has 0 aliphatic heterocycles. The van der Waals surface area contributed by atoms with E-state index in [0.717, 1.165) is 0 Å². The minimum Gasteiger partial charge on any atom is -0.392 e. The van der Waals surface area contributed by atoms with E-state index in [-0.39, 0.29) is 24.1 Å². The summed E-state index contributed by atoms with van der Waals surface area (Å²) in [5.74, 6) is -0.162. The van der Waals surface area contributed by atoms with Gasteiger partial charge in [-0.15, -0.1) is 4.91 Å². The normalized spacial score (nSPS) is 10.2. The van der Waals surface area contributed by atoms with Gasteiger partial charge in [0, 0.05) is 5.69 Å². The van der Waals surface area contributed by atoms with Crippen molar-refractivity contribution in [3.05, 3.63) is 45.1 Å². The highest BCUT2D eigenvalue weighted by Gasteiger charge is 2.11. The second-order valence-corrected chi connectivity index (χ2v) is 3.72. The molecule has 2 rings (SSSR count). The Kier molecular flexibility index (Phi) is 3.53. The van der Waals surface area contributed by atoms with Crippen molar-refractivity contribution < 1.29 is 5.11 Å². The first-order valence-corrected chi connectivity index (χ1v) is 5.34. The van der Waals surface area contributed by atoms with Gasteiger partial charge in [0.05, 0.1) is 6.61 Å². The molecular weight excluding hydrogens is 250 g/mol. The van der Waals surface area contributed by atoms with Gasteiger partial charge in [0.25, 0.3) is 5.56 Å². The van der Waals surface area contributed by atoms with Crippen LogP contribution in [0.3, 0.4) is 0 Å². The van der Waals surface area contributed by atoms with Crippen LogP contribution < -0.4 is 16.6 Å². The Morgan fingerprint density at radius 2 is 2.26 bits per heavy atom. The Morgan fingerprint density at radius 1 is 1.47 bits per heavy atom. The van der Waals surface area contributed by atoms with Crippen molar-refractivity contribution in [2.24, 2.45) is 5.18 Å². The standard InChI is InChI=1S/C11H11N5O3/c12-11-14-9(8(16-19)10(18)15-11)13-7-3-1-2-6(4-7)5-17/h1-4,17H,5H2,(H4,12,13,14,15,18). The third-order valence-corrected chi connectivity index (χ3v) is 2.38. The van der Waals surface area contributed by atoms with Crippen molar-refractivity contribution >= 4 is 23.1 Å². The van der Waals surface area contributed by atoms with Crippen LogP contribution >= 0.6 is 0 Å². The van der Waals surface area contributed by atoms with Crippen LogP contribution in [0.25, 0.3) is 0 Å². The molecular formula is C11H11N5O3. The monoisotopic (exact) mass is 261 g/mol. The fourth-order valence-electron chi connectivity index (χ4n) is 1.54. The fourth-order valence-corrected chi connectivity index (χ4v) is 1.54. The summed E-state index contributed by atoms with van der Waals surface area (Å²) >= 11 is 0. The molecule has 98 valence electrons. The van der Waals surface area contributed by atoms with Crippen LogP contribution in [-0.2, 0) is 6.61 Å². The molecule has 0 amide bonds. The number of nitrogens with zero attached hydrogens (tertiary/aromatic N) is 2. The number of aliphatic hydroxyl groups is 1. The first-order valence-electron chi connectivity index (χ1n) is 5.34. The summed E-state index contributed by atoms with van der Waals surface area (Å²) in [6.07, 6.45) is 0. The first-order chi connectivity index (χ1) is 9.13. The summed E-state index contributed by atoms with van der Waals surface area (Å²) in [4.78, 5) is 28.1. The van der Waals surface area contributed by atoms with Crippen LogP contribution in [0, 0.1) is 4.91 Å². The molecule has 19 heavy (non-hydrogen) atoms. The van der Waals surface area contributed by atoms with Gasteiger partial charge < -0.3 is 16.2 Å². The third kappa shape index (κ3) is 2.75. The van der Waals surface area contributed by atoms with Crippen molar-refractivity contribution in [3.63, 3.8) is 0 Å². The molecule has 0 unspecified atom stereocenters. The maximum absolute atomic E-state index is 11.5. The van der Waals surface area contributed by atoms with E-state index in [0.29, 0.717) is 11.3 Å². The number of nitroso groups, excluding NO2 is 1. The van der Waals surface area contributed by atoms with Crippen molar-refractivity contribution in [1.82, 2.24) is 9.97 Å². The fraction of sp³-hybridized carbons (Fsp3) is 0.0909. The maximum atomic E-state index is 11.5. The Hall–Kier alpha value is -2.74. The van der Waals surface area contributed by atoms with Crippen LogP contribution in [0.15, 0.2) is 34.2 Å². The second kappa shape index (κ2) is 5.27. The van der Waals surface area contributed by atoms with Gasteiger partial charge in [-0.05, 0) is 22.9 Å². The molecule has 0 spiro atoms. The van der Waals surface area contributed by atoms with Crippen molar-refractivity contribution in [3.8, 4) is 0 Å². The molecule has 8 nitrogen and oxygen atoms in total. The van der Waals surface area contributed by atoms with Gasteiger partial charge in [-0.25, -0.2) is 0 Å². The van der Waals surface area contributed by atoms with Gasteiger partial charge >= 0.3 is 0 Å². The third-order valence-electron chi connectivity index (χ3n) is 2.38. The van der Waals surface area contributed by atoms with E-state index < -0.39 is 5.56 Å². The summed E-state index contributed by atoms with van der Waals surface area (Å²) in [6, 6.07) is 6.77. The molecule has 0 aliphatic rings. The van der Waals surface area contributed by atoms with Crippen LogP contribution in [-0.4, -0.2) is 15.1 Å². The second-order valence-electron chi connectivity index (χ2n) is 3.72. The minimum atomic E-state index is -0.719. The number of nitrogens with two attached hydrogens (primary N) is 1. The average Bonchev–Trinajstić information content (AvgIpc) is 2.38. The quantitative estimate of drug-likeness (QED) is 0.606. The van der Waals surface area contributed by atoms with Crippen LogP contribution in [0.2, 0.25) is 0 Å². The lowest BCUT2D eigenvalue weighted by Crippen LogP contribution is -2.13. The van der Waals surface area contributed by atoms with E-state index in [1.165, 1.54) is 0 Å². The van der Waals surface area contributed by atoms with Gasteiger partial charge in [0.1, 0.15) is 0 Å². The Labute approximate surface area is 107 Å². The van der Waals surface area contributed by atoms with E-state index in [1.807, 2.05) is 0 Å². The molecule has 1 heterocycles. The number of aliphatic hydroxyl groups excluding tert-OH is 1. The van der Waals surface area contributed by atoms with Gasteiger partial charge in [-0.1, -0.05) is 12.1 Å². The highest BCUT2D eigenvalue weighted by molar-refractivity contribution is 5.68. The lowest BCUT2D eigenvalue weighted by molar-refractivity contribution is 0.282. The molecule has 0 saturated carbocycles. The topological polar surface area (TPSA) is 133 Å². The molecule has 2 aromatic rings. The lowest BCUT2D eigenvalue weighted by Gasteiger charge is -2.08. The maximum Gasteiger partial charge on any atom is 0.284 e. The van der Waals surface area contributed by atoms with Crippen LogP contribution in [0.1, 0.15) is 5.56 Å². The summed E-state index contributed by atoms with van der Waals surface area (Å²) in [7, 11) is 0. The van der Waals surface area contributed by atoms with Crippen molar-refractivity contribution in [2.75, 3.05) is 11.1 Å². The van der Waals surface area contributed by atoms with Crippen molar-refractivity contribution in [2.45, 2.75) is 6.61 Å². The van der Waals surface area contributed by atoms with E-state index in [2.05, 4.69) is 20.5 Å². The van der Waals surface area contributed by atoms with Gasteiger partial charge in [-0.2, -0.15) is 4.98 Å². The molecule has 0 saturated heterocycles. The molecule has 0 aliphatic carbocycles. The SMILES string of the molecule is Nc1nc(Nc2cccc(CO)c2)c(N=O)c(=O)[nH]1. The summed E-state index contributed by atoms with van der Waals surface area (Å²) in [5.41, 5.74) is 5.52. The minimum absolute atomic E-state index is 0.0358. The molecule has 8 heteroatoms. The molecule has 1 aromatic carbocycles. The number of hydrogen-bond donors (Lipinski definition) is 4. The first kappa shape index (κ1) is 12.7. The van der Waals surface area contributed by atoms with Crippen molar-refractivity contribution in [1.29, 1.82) is 0 Å². The highest BCUT2D eigenvalue weighted by Crippen LogP contribution is 2.23. The Bertz CT molecular complexity index is 668. The lowest BCUT2D eigenvalue weighted by atomic mass is 10.2. The van der Waals surface area contributed by atoms with E-state index in [9.17, 15) is 9.70 Å². The van der Waals surface area contributed by atoms with E-state index in [4.69, 9.17) is 10.8 Å². The number of nitrogens with one attached hydrogen (secondary N) is 2. The molecule has 5 N–H and O–H groups in total. The molecule has 0 radical (unpaired) electrons. The van der Waals surface area contributed by atoms with Crippen LogP contribution in [0.5, 0.6) is 0 Å². The Morgan fingerprint density at radius 3 is 2.95 bits per heavy atom. The van der Waals surface area contributed by atoms with E-state index >= 15 is 0 Å². The average molecular weight is 261 g/mol. The largest absolute Gasteiger partial charge is 0.392 e. The molecule has 0 atom stereocenters. The number of rotatable bonds is 4. The zero-order chi connectivity index (χ0) is 13.8. The van der Waals surface area contributed by atoms with Crippen LogP contribution in [0.4, 0.5) is 23.1 Å². The van der Waals surface area contributed by atoms with Gasteiger partial charge in [0.2, 0.25) is 11.6 Å². The highest BCUT2D eigenvalue weighted by atomic mass is 16.3. The molecule has 0 bridgehead atoms. The summed E-state index contributed by atoms with van der Waals surface area (Å²) in [6.45, 7) is -0.126. The number of nitrogen functional groups attached to an aromatic ring is 1. The number of aromatic amines is 1. The molecule has 1 aromatic heterocycles. The predicted octanol–water partition coefficient (Wildman–Crippen LogP) is 0.986. The predicted molar refractivity (Wildman–Crippen MR) is 70.4 cm³/mol. The van der Waals surface area contributed by atoms with E-state index in [1.54, 1.807) is 24.3 Å². The number of benzene rings is 1. The number of H-pyrrole nitrogens is 1. The zero-order valence-electron chi connectivity index (χ0n) is 9.75. The van der Waals surface area contributed by atoms with Gasteiger partial charge in [-0.3, -0.25) is 9.78 Å². The zero-order valence-corrected chi connectivity index (χ0v) is 9.75. The number of aromatic nitrogens is 2. The number of anilines is 3. The Balaban J connectivity index is 2.42. The summed E-state index contributed by atoms with van der Waals surface area (Å²) < 4.78 is 0. The molecule has 0 fully saturated rings.